The Labute approximate surface area is 173 Å². The molecule has 4 amide bonds. The van der Waals surface area contributed by atoms with Crippen LogP contribution in [0.25, 0.3) is 0 Å². The lowest BCUT2D eigenvalue weighted by atomic mass is 10.1. The second kappa shape index (κ2) is 9.87. The largest absolute Gasteiger partial charge is 0.341 e. The van der Waals surface area contributed by atoms with Crippen molar-refractivity contribution in [2.75, 3.05) is 23.0 Å². The van der Waals surface area contributed by atoms with E-state index < -0.39 is 0 Å². The Balaban J connectivity index is 1.56. The summed E-state index contributed by atoms with van der Waals surface area (Å²) in [6.07, 6.45) is 5.40. The third kappa shape index (κ3) is 5.93. The van der Waals surface area contributed by atoms with Crippen LogP contribution < -0.4 is 21.3 Å². The van der Waals surface area contributed by atoms with Crippen molar-refractivity contribution in [1.29, 1.82) is 0 Å². The number of nitrogens with zero attached hydrogens (tertiary/aromatic N) is 2. The Hall–Kier alpha value is -4.14. The van der Waals surface area contributed by atoms with Crippen LogP contribution in [-0.4, -0.2) is 34.4 Å². The Morgan fingerprint density at radius 1 is 0.933 bits per heavy atom. The number of anilines is 3. The molecule has 0 fully saturated rings. The molecule has 1 heterocycles. The molecule has 1 aromatic heterocycles. The van der Waals surface area contributed by atoms with Gasteiger partial charge in [-0.25, -0.2) is 9.78 Å². The first kappa shape index (κ1) is 20.6. The van der Waals surface area contributed by atoms with Crippen molar-refractivity contribution in [3.8, 4) is 0 Å². The van der Waals surface area contributed by atoms with Crippen LogP contribution in [0.1, 0.15) is 16.8 Å². The number of aryl methyl sites for hydroxylation is 1. The Bertz CT molecular complexity index is 1020. The summed E-state index contributed by atoms with van der Waals surface area (Å²) in [6, 6.07) is 13.1. The van der Waals surface area contributed by atoms with E-state index in [2.05, 4.69) is 26.3 Å². The van der Waals surface area contributed by atoms with E-state index >= 15 is 0 Å². The lowest BCUT2D eigenvalue weighted by molar-refractivity contribution is -0.116. The normalized spacial score (nSPS) is 10.2. The maximum Gasteiger partial charge on any atom is 0.318 e. The molecule has 0 saturated heterocycles. The molecule has 0 unspecified atom stereocenters. The molecule has 0 atom stereocenters. The van der Waals surface area contributed by atoms with Crippen LogP contribution in [0.2, 0.25) is 0 Å². The quantitative estimate of drug-likeness (QED) is 0.483. The molecule has 0 aliphatic carbocycles. The molecule has 3 rings (SSSR count). The number of benzene rings is 2. The first-order chi connectivity index (χ1) is 14.5. The van der Waals surface area contributed by atoms with Gasteiger partial charge in [0.2, 0.25) is 5.91 Å². The highest BCUT2D eigenvalue weighted by Crippen LogP contribution is 2.16. The van der Waals surface area contributed by atoms with Crippen molar-refractivity contribution in [3.63, 3.8) is 0 Å². The van der Waals surface area contributed by atoms with Crippen LogP contribution in [0.5, 0.6) is 0 Å². The van der Waals surface area contributed by atoms with Gasteiger partial charge in [0, 0.05) is 55.0 Å². The van der Waals surface area contributed by atoms with Crippen molar-refractivity contribution >= 4 is 34.9 Å². The monoisotopic (exact) mass is 406 g/mol. The van der Waals surface area contributed by atoms with Crippen LogP contribution in [-0.2, 0) is 11.3 Å². The summed E-state index contributed by atoms with van der Waals surface area (Å²) >= 11 is 0. The SMILES string of the molecule is CNC(=O)Nc1ccc(NC(=O)c2cccc(NC(=O)CCn3ccnc3)c2)cc1. The summed E-state index contributed by atoms with van der Waals surface area (Å²) in [5.41, 5.74) is 2.14. The third-order valence-corrected chi connectivity index (χ3v) is 4.19. The Morgan fingerprint density at radius 3 is 2.33 bits per heavy atom. The molecule has 9 heteroatoms. The van der Waals surface area contributed by atoms with E-state index in [0.29, 0.717) is 35.6 Å². The van der Waals surface area contributed by atoms with Gasteiger partial charge < -0.3 is 25.8 Å². The number of aromatic nitrogens is 2. The van der Waals surface area contributed by atoms with Crippen molar-refractivity contribution in [2.45, 2.75) is 13.0 Å². The average molecular weight is 406 g/mol. The number of rotatable bonds is 7. The zero-order valence-corrected chi connectivity index (χ0v) is 16.4. The summed E-state index contributed by atoms with van der Waals surface area (Å²) in [4.78, 5) is 39.9. The highest BCUT2D eigenvalue weighted by Gasteiger charge is 2.09. The van der Waals surface area contributed by atoms with E-state index in [0.717, 1.165) is 0 Å². The first-order valence-electron chi connectivity index (χ1n) is 9.29. The van der Waals surface area contributed by atoms with E-state index in [-0.39, 0.29) is 17.8 Å². The predicted octanol–water partition coefficient (Wildman–Crippen LogP) is 2.92. The second-order valence-corrected chi connectivity index (χ2v) is 6.42. The minimum atomic E-state index is -0.323. The van der Waals surface area contributed by atoms with Crippen molar-refractivity contribution in [3.05, 3.63) is 72.8 Å². The molecule has 3 aromatic rings. The van der Waals surface area contributed by atoms with Gasteiger partial charge in [-0.3, -0.25) is 9.59 Å². The number of carbonyl (C=O) groups is 3. The summed E-state index contributed by atoms with van der Waals surface area (Å²) in [5, 5.41) is 10.7. The number of nitrogens with one attached hydrogen (secondary N) is 4. The summed E-state index contributed by atoms with van der Waals surface area (Å²) in [5.74, 6) is -0.461. The zero-order valence-electron chi connectivity index (χ0n) is 16.4. The van der Waals surface area contributed by atoms with E-state index in [9.17, 15) is 14.4 Å². The fourth-order valence-corrected chi connectivity index (χ4v) is 2.65. The molecule has 0 saturated carbocycles. The summed E-state index contributed by atoms with van der Waals surface area (Å²) in [7, 11) is 1.53. The zero-order chi connectivity index (χ0) is 21.3. The minimum absolute atomic E-state index is 0.152. The van der Waals surface area contributed by atoms with Gasteiger partial charge in [0.05, 0.1) is 6.33 Å². The number of hydrogen-bond acceptors (Lipinski definition) is 4. The fraction of sp³-hybridized carbons (Fsp3) is 0.143. The number of amides is 4. The van der Waals surface area contributed by atoms with Crippen LogP contribution in [0, 0.1) is 0 Å². The topological polar surface area (TPSA) is 117 Å². The molecule has 0 aliphatic heterocycles. The van der Waals surface area contributed by atoms with E-state index in [1.165, 1.54) is 7.05 Å². The number of urea groups is 1. The van der Waals surface area contributed by atoms with Gasteiger partial charge in [-0.05, 0) is 42.5 Å². The maximum atomic E-state index is 12.5. The average Bonchev–Trinajstić information content (AvgIpc) is 3.27. The molecule has 0 bridgehead atoms. The third-order valence-electron chi connectivity index (χ3n) is 4.19. The van der Waals surface area contributed by atoms with Gasteiger partial charge >= 0.3 is 6.03 Å². The van der Waals surface area contributed by atoms with Crippen LogP contribution in [0.4, 0.5) is 21.9 Å². The molecule has 4 N–H and O–H groups in total. The number of hydrogen-bond donors (Lipinski definition) is 4. The lowest BCUT2D eigenvalue weighted by Gasteiger charge is -2.10. The Morgan fingerprint density at radius 2 is 1.67 bits per heavy atom. The fourth-order valence-electron chi connectivity index (χ4n) is 2.65. The van der Waals surface area contributed by atoms with E-state index in [4.69, 9.17) is 0 Å². The van der Waals surface area contributed by atoms with Crippen molar-refractivity contribution in [1.82, 2.24) is 14.9 Å². The van der Waals surface area contributed by atoms with Crippen LogP contribution in [0.3, 0.4) is 0 Å². The van der Waals surface area contributed by atoms with Gasteiger partial charge in [0.25, 0.3) is 5.91 Å². The molecule has 9 nitrogen and oxygen atoms in total. The molecule has 2 aromatic carbocycles. The van der Waals surface area contributed by atoms with E-state index in [1.54, 1.807) is 67.3 Å². The van der Waals surface area contributed by atoms with Gasteiger partial charge in [-0.15, -0.1) is 0 Å². The molecule has 0 aliphatic rings. The summed E-state index contributed by atoms with van der Waals surface area (Å²) < 4.78 is 1.82. The van der Waals surface area contributed by atoms with Crippen molar-refractivity contribution < 1.29 is 14.4 Å². The smallest absolute Gasteiger partial charge is 0.318 e. The molecule has 0 radical (unpaired) electrons. The first-order valence-corrected chi connectivity index (χ1v) is 9.29. The van der Waals surface area contributed by atoms with Gasteiger partial charge in [0.15, 0.2) is 0 Å². The van der Waals surface area contributed by atoms with Crippen molar-refractivity contribution in [2.24, 2.45) is 0 Å². The summed E-state index contributed by atoms with van der Waals surface area (Å²) in [6.45, 7) is 0.525. The standard InChI is InChI=1S/C21H22N6O3/c1-22-21(30)26-17-7-5-16(6-8-17)25-20(29)15-3-2-4-18(13-15)24-19(28)9-11-27-12-10-23-14-27/h2-8,10,12-14H,9,11H2,1H3,(H,24,28)(H,25,29)(H2,22,26,30). The highest BCUT2D eigenvalue weighted by molar-refractivity contribution is 6.05. The maximum absolute atomic E-state index is 12.5. The molecular formula is C21H22N6O3. The minimum Gasteiger partial charge on any atom is -0.341 e. The van der Waals surface area contributed by atoms with Gasteiger partial charge in [-0.2, -0.15) is 0 Å². The predicted molar refractivity (Wildman–Crippen MR) is 114 cm³/mol. The van der Waals surface area contributed by atoms with Gasteiger partial charge in [0.1, 0.15) is 0 Å². The highest BCUT2D eigenvalue weighted by atomic mass is 16.2. The van der Waals surface area contributed by atoms with Gasteiger partial charge in [-0.1, -0.05) is 6.07 Å². The number of imidazole rings is 1. The molecule has 30 heavy (non-hydrogen) atoms. The Kier molecular flexibility index (Phi) is 6.78. The van der Waals surface area contributed by atoms with Crippen LogP contribution in [0.15, 0.2) is 67.3 Å². The molecule has 0 spiro atoms. The van der Waals surface area contributed by atoms with E-state index in [1.807, 2.05) is 4.57 Å². The molecular weight excluding hydrogens is 384 g/mol. The lowest BCUT2D eigenvalue weighted by Crippen LogP contribution is -2.24. The second-order valence-electron chi connectivity index (χ2n) is 6.42. The number of carbonyl (C=O) groups excluding carboxylic acids is 3. The molecule has 154 valence electrons. The van der Waals surface area contributed by atoms with Crippen LogP contribution >= 0.6 is 0 Å².